The van der Waals surface area contributed by atoms with Crippen molar-refractivity contribution in [3.8, 4) is 11.4 Å². The Kier molecular flexibility index (Phi) is 5.35. The number of aromatic nitrogens is 4. The highest BCUT2D eigenvalue weighted by molar-refractivity contribution is 5.56. The molecule has 0 unspecified atom stereocenters. The lowest BCUT2D eigenvalue weighted by Gasteiger charge is -2.31. The van der Waals surface area contributed by atoms with E-state index in [9.17, 15) is 0 Å². The summed E-state index contributed by atoms with van der Waals surface area (Å²) in [5.41, 5.74) is 3.09. The van der Waals surface area contributed by atoms with E-state index in [2.05, 4.69) is 20.0 Å². The Morgan fingerprint density at radius 2 is 1.96 bits per heavy atom. The predicted molar refractivity (Wildman–Crippen MR) is 89.0 cm³/mol. The van der Waals surface area contributed by atoms with Crippen molar-refractivity contribution >= 4 is 0 Å². The fourth-order valence-electron chi connectivity index (χ4n) is 3.24. The highest BCUT2D eigenvalue weighted by Crippen LogP contribution is 2.25. The van der Waals surface area contributed by atoms with Crippen LogP contribution in [0.4, 0.5) is 0 Å². The maximum Gasteiger partial charge on any atom is 0.110 e. The Morgan fingerprint density at radius 3 is 2.65 bits per heavy atom. The van der Waals surface area contributed by atoms with Crippen LogP contribution in [-0.4, -0.2) is 58.0 Å². The van der Waals surface area contributed by atoms with Crippen LogP contribution in [0.25, 0.3) is 11.4 Å². The molecule has 124 valence electrons. The molecule has 23 heavy (non-hydrogen) atoms. The van der Waals surface area contributed by atoms with Crippen LogP contribution in [0.3, 0.4) is 0 Å². The molecule has 0 aromatic carbocycles. The third-order valence-corrected chi connectivity index (χ3v) is 4.64. The van der Waals surface area contributed by atoms with Crippen LogP contribution in [0, 0.1) is 5.92 Å². The van der Waals surface area contributed by atoms with Gasteiger partial charge in [0.05, 0.1) is 18.0 Å². The summed E-state index contributed by atoms with van der Waals surface area (Å²) in [6.07, 6.45) is 8.78. The molecule has 3 rings (SSSR count). The molecule has 1 fully saturated rings. The number of methoxy groups -OCH3 is 1. The van der Waals surface area contributed by atoms with E-state index in [4.69, 9.17) is 4.74 Å². The second-order valence-corrected chi connectivity index (χ2v) is 6.17. The zero-order valence-corrected chi connectivity index (χ0v) is 14.0. The number of piperidine rings is 1. The summed E-state index contributed by atoms with van der Waals surface area (Å²) in [4.78, 5) is 11.6. The number of ether oxygens (including phenoxy) is 1. The molecule has 0 N–H and O–H groups in total. The molecular formula is C17H25N5O. The van der Waals surface area contributed by atoms with Gasteiger partial charge in [-0.25, -0.2) is 0 Å². The van der Waals surface area contributed by atoms with Crippen molar-refractivity contribution in [1.82, 2.24) is 24.6 Å². The Labute approximate surface area is 137 Å². The minimum atomic E-state index is 0.678. The molecule has 0 amide bonds. The summed E-state index contributed by atoms with van der Waals surface area (Å²) in [7, 11) is 3.71. The van der Waals surface area contributed by atoms with Gasteiger partial charge in [0.15, 0.2) is 0 Å². The SMILES string of the molecule is COCCN1CCC(Cc2nccnc2-c2ccnn2C)CC1. The minimum absolute atomic E-state index is 0.678. The van der Waals surface area contributed by atoms with E-state index >= 15 is 0 Å². The van der Waals surface area contributed by atoms with E-state index < -0.39 is 0 Å². The largest absolute Gasteiger partial charge is 0.383 e. The molecule has 2 aromatic rings. The molecule has 0 spiro atoms. The Morgan fingerprint density at radius 1 is 1.17 bits per heavy atom. The second-order valence-electron chi connectivity index (χ2n) is 6.17. The monoisotopic (exact) mass is 315 g/mol. The topological polar surface area (TPSA) is 56.1 Å². The standard InChI is InChI=1S/C17H25N5O/c1-21-16(3-6-20-21)17-15(18-7-8-19-17)13-14-4-9-22(10-5-14)11-12-23-2/h3,6-8,14H,4-5,9-13H2,1-2H3. The van der Waals surface area contributed by atoms with Crippen LogP contribution in [-0.2, 0) is 18.2 Å². The summed E-state index contributed by atoms with van der Waals surface area (Å²) in [5.74, 6) is 0.678. The summed E-state index contributed by atoms with van der Waals surface area (Å²) in [6, 6.07) is 2.00. The highest BCUT2D eigenvalue weighted by atomic mass is 16.5. The number of nitrogens with zero attached hydrogens (tertiary/aromatic N) is 5. The first kappa shape index (κ1) is 16.1. The first-order chi connectivity index (χ1) is 11.3. The molecule has 1 aliphatic rings. The van der Waals surface area contributed by atoms with E-state index in [1.54, 1.807) is 19.5 Å². The van der Waals surface area contributed by atoms with Crippen LogP contribution in [0.5, 0.6) is 0 Å². The van der Waals surface area contributed by atoms with Crippen molar-refractivity contribution in [3.63, 3.8) is 0 Å². The predicted octanol–water partition coefficient (Wildman–Crippen LogP) is 1.78. The number of rotatable bonds is 6. The Hall–Kier alpha value is -1.79. The number of aryl methyl sites for hydroxylation is 1. The molecule has 1 aliphatic heterocycles. The van der Waals surface area contributed by atoms with Gasteiger partial charge in [0, 0.05) is 39.3 Å². The molecule has 0 atom stereocenters. The van der Waals surface area contributed by atoms with Crippen LogP contribution in [0.15, 0.2) is 24.7 Å². The lowest BCUT2D eigenvalue weighted by molar-refractivity contribution is 0.120. The van der Waals surface area contributed by atoms with Crippen LogP contribution < -0.4 is 0 Å². The van der Waals surface area contributed by atoms with Gasteiger partial charge < -0.3 is 9.64 Å². The summed E-state index contributed by atoms with van der Waals surface area (Å²) >= 11 is 0. The number of hydrogen-bond acceptors (Lipinski definition) is 5. The molecule has 3 heterocycles. The van der Waals surface area contributed by atoms with E-state index in [1.807, 2.05) is 24.0 Å². The van der Waals surface area contributed by atoms with Crippen molar-refractivity contribution < 1.29 is 4.74 Å². The average molecular weight is 315 g/mol. The third kappa shape index (κ3) is 3.95. The van der Waals surface area contributed by atoms with Gasteiger partial charge in [0.2, 0.25) is 0 Å². The quantitative estimate of drug-likeness (QED) is 0.813. The van der Waals surface area contributed by atoms with Crippen molar-refractivity contribution in [2.75, 3.05) is 33.4 Å². The van der Waals surface area contributed by atoms with Crippen molar-refractivity contribution in [1.29, 1.82) is 0 Å². The van der Waals surface area contributed by atoms with Gasteiger partial charge in [-0.3, -0.25) is 14.6 Å². The van der Waals surface area contributed by atoms with Gasteiger partial charge in [-0.05, 0) is 44.3 Å². The maximum atomic E-state index is 5.17. The zero-order valence-electron chi connectivity index (χ0n) is 14.0. The van der Waals surface area contributed by atoms with Crippen LogP contribution in [0.1, 0.15) is 18.5 Å². The van der Waals surface area contributed by atoms with Gasteiger partial charge in [-0.2, -0.15) is 5.10 Å². The molecule has 2 aromatic heterocycles. The van der Waals surface area contributed by atoms with Gasteiger partial charge in [-0.1, -0.05) is 0 Å². The Bertz CT molecular complexity index is 619. The summed E-state index contributed by atoms with van der Waals surface area (Å²) < 4.78 is 7.03. The second kappa shape index (κ2) is 7.66. The molecule has 0 bridgehead atoms. The molecule has 0 radical (unpaired) electrons. The number of hydrogen-bond donors (Lipinski definition) is 0. The molecule has 6 nitrogen and oxygen atoms in total. The lowest BCUT2D eigenvalue weighted by Crippen LogP contribution is -2.36. The summed E-state index contributed by atoms with van der Waals surface area (Å²) in [5, 5.41) is 4.25. The maximum absolute atomic E-state index is 5.17. The van der Waals surface area contributed by atoms with Crippen molar-refractivity contribution in [2.45, 2.75) is 19.3 Å². The van der Waals surface area contributed by atoms with Gasteiger partial charge in [-0.15, -0.1) is 0 Å². The molecule has 0 saturated carbocycles. The van der Waals surface area contributed by atoms with E-state index in [1.165, 1.54) is 12.8 Å². The van der Waals surface area contributed by atoms with E-state index in [0.717, 1.165) is 49.7 Å². The fraction of sp³-hybridized carbons (Fsp3) is 0.588. The van der Waals surface area contributed by atoms with Gasteiger partial charge in [0.25, 0.3) is 0 Å². The first-order valence-corrected chi connectivity index (χ1v) is 8.27. The van der Waals surface area contributed by atoms with Gasteiger partial charge >= 0.3 is 0 Å². The minimum Gasteiger partial charge on any atom is -0.383 e. The third-order valence-electron chi connectivity index (χ3n) is 4.64. The molecule has 1 saturated heterocycles. The van der Waals surface area contributed by atoms with Crippen molar-refractivity contribution in [2.24, 2.45) is 13.0 Å². The molecular weight excluding hydrogens is 290 g/mol. The molecule has 0 aliphatic carbocycles. The first-order valence-electron chi connectivity index (χ1n) is 8.27. The van der Waals surface area contributed by atoms with Crippen LogP contribution in [0.2, 0.25) is 0 Å². The average Bonchev–Trinajstić information content (AvgIpc) is 3.01. The molecule has 6 heteroatoms. The zero-order chi connectivity index (χ0) is 16.1. The van der Waals surface area contributed by atoms with Crippen molar-refractivity contribution in [3.05, 3.63) is 30.4 Å². The van der Waals surface area contributed by atoms with Crippen LogP contribution >= 0.6 is 0 Å². The lowest BCUT2D eigenvalue weighted by atomic mass is 9.91. The number of likely N-dealkylation sites (tertiary alicyclic amines) is 1. The van der Waals surface area contributed by atoms with Gasteiger partial charge in [0.1, 0.15) is 5.69 Å². The smallest absolute Gasteiger partial charge is 0.110 e. The van der Waals surface area contributed by atoms with E-state index in [0.29, 0.717) is 5.92 Å². The van der Waals surface area contributed by atoms with E-state index in [-0.39, 0.29) is 0 Å². The summed E-state index contributed by atoms with van der Waals surface area (Å²) in [6.45, 7) is 4.15. The highest BCUT2D eigenvalue weighted by Gasteiger charge is 2.21. The fourth-order valence-corrected chi connectivity index (χ4v) is 3.24. The normalized spacial score (nSPS) is 16.8. The Balaban J connectivity index is 1.65.